The maximum Gasteiger partial charge on any atom is 0.309 e. The predicted molar refractivity (Wildman–Crippen MR) is 159 cm³/mol. The number of aliphatic carboxylic acids is 1. The van der Waals surface area contributed by atoms with Gasteiger partial charge in [-0.1, -0.05) is 58.6 Å². The van der Waals surface area contributed by atoms with E-state index in [2.05, 4.69) is 27.7 Å². The van der Waals surface area contributed by atoms with Crippen LogP contribution in [0.1, 0.15) is 119 Å². The van der Waals surface area contributed by atoms with E-state index >= 15 is 0 Å². The van der Waals surface area contributed by atoms with Crippen LogP contribution in [-0.2, 0) is 14.3 Å². The lowest BCUT2D eigenvalue weighted by Crippen LogP contribution is -2.66. The van der Waals surface area contributed by atoms with Gasteiger partial charge in [0, 0.05) is 5.92 Å². The van der Waals surface area contributed by atoms with Crippen molar-refractivity contribution in [3.63, 3.8) is 0 Å². The predicted octanol–water partition coefficient (Wildman–Crippen LogP) is 6.77. The number of rotatable bonds is 6. The third kappa shape index (κ3) is 5.01. The van der Waals surface area contributed by atoms with Crippen molar-refractivity contribution >= 4 is 11.9 Å². The molecule has 0 aromatic carbocycles. The largest absolute Gasteiger partial charge is 0.481 e. The lowest BCUT2D eigenvalue weighted by atomic mass is 9.36. The van der Waals surface area contributed by atoms with Crippen molar-refractivity contribution in [3.05, 3.63) is 11.6 Å². The standard InChI is InChI=1S/C35H56O6/c1-20(2)12-13-23(31(38)39)29-25-18-27(37)30-33(4)16-15-26(36)21(3)24(33)14-17-34(30,5)35(25,6)19-28(29)41-32(40)22-10-8-7-9-11-22/h12,21-30,36-37H,7-11,13-19H2,1-6H3,(H,38,39)/t21-,23+,24?,25?,26+,27?,28-,29+,30?,33-,34-,35-/m0/s1. The minimum atomic E-state index is -0.831. The van der Waals surface area contributed by atoms with E-state index in [0.717, 1.165) is 63.4 Å². The van der Waals surface area contributed by atoms with Crippen LogP contribution < -0.4 is 0 Å². The molecule has 0 radical (unpaired) electrons. The summed E-state index contributed by atoms with van der Waals surface area (Å²) in [5, 5.41) is 33.4. The molecule has 0 bridgehead atoms. The molecule has 4 unspecified atom stereocenters. The van der Waals surface area contributed by atoms with Crippen LogP contribution in [-0.4, -0.2) is 45.6 Å². The fourth-order valence-electron chi connectivity index (χ4n) is 11.5. The van der Waals surface area contributed by atoms with Gasteiger partial charge in [0.05, 0.1) is 24.0 Å². The van der Waals surface area contributed by atoms with E-state index in [1.165, 1.54) is 0 Å². The highest BCUT2D eigenvalue weighted by molar-refractivity contribution is 5.73. The van der Waals surface area contributed by atoms with Gasteiger partial charge >= 0.3 is 11.9 Å². The highest BCUT2D eigenvalue weighted by Crippen LogP contribution is 2.75. The molecule has 3 N–H and O–H groups in total. The number of ether oxygens (including phenoxy) is 1. The Kier molecular flexibility index (Phi) is 8.53. The Morgan fingerprint density at radius 1 is 0.927 bits per heavy atom. The van der Waals surface area contributed by atoms with E-state index in [1.54, 1.807) is 0 Å². The average molecular weight is 573 g/mol. The summed E-state index contributed by atoms with van der Waals surface area (Å²) in [4.78, 5) is 26.5. The number of carboxylic acid groups (broad SMARTS) is 1. The maximum atomic E-state index is 13.5. The molecule has 6 heteroatoms. The molecule has 0 spiro atoms. The van der Waals surface area contributed by atoms with Crippen LogP contribution in [0.25, 0.3) is 0 Å². The lowest BCUT2D eigenvalue weighted by Gasteiger charge is -2.69. The third-order valence-corrected chi connectivity index (χ3v) is 13.7. The van der Waals surface area contributed by atoms with Crippen LogP contribution in [0, 0.1) is 57.7 Å². The number of aliphatic hydroxyl groups is 2. The number of carbonyl (C=O) groups is 2. The summed E-state index contributed by atoms with van der Waals surface area (Å²) in [7, 11) is 0. The number of aliphatic hydroxyl groups excluding tert-OH is 2. The number of fused-ring (bicyclic) bond motifs is 5. The van der Waals surface area contributed by atoms with Crippen molar-refractivity contribution in [1.82, 2.24) is 0 Å². The zero-order chi connectivity index (χ0) is 29.9. The number of allylic oxidation sites excluding steroid dienone is 2. The fourth-order valence-corrected chi connectivity index (χ4v) is 11.5. The van der Waals surface area contributed by atoms with Gasteiger partial charge < -0.3 is 20.1 Å². The van der Waals surface area contributed by atoms with Gasteiger partial charge in [-0.25, -0.2) is 0 Å². The zero-order valence-electron chi connectivity index (χ0n) is 26.4. The topological polar surface area (TPSA) is 104 Å². The van der Waals surface area contributed by atoms with Gasteiger partial charge in [-0.15, -0.1) is 0 Å². The number of carbonyl (C=O) groups excluding carboxylic acids is 1. The highest BCUT2D eigenvalue weighted by Gasteiger charge is 2.72. The first-order chi connectivity index (χ1) is 19.2. The van der Waals surface area contributed by atoms with Crippen molar-refractivity contribution in [1.29, 1.82) is 0 Å². The van der Waals surface area contributed by atoms with E-state index < -0.39 is 24.1 Å². The van der Waals surface area contributed by atoms with E-state index in [9.17, 15) is 24.9 Å². The van der Waals surface area contributed by atoms with Gasteiger partial charge in [0.25, 0.3) is 0 Å². The number of hydrogen-bond acceptors (Lipinski definition) is 5. The minimum Gasteiger partial charge on any atom is -0.481 e. The minimum absolute atomic E-state index is 0.0404. The first-order valence-corrected chi connectivity index (χ1v) is 16.7. The Balaban J connectivity index is 1.54. The van der Waals surface area contributed by atoms with Crippen molar-refractivity contribution in [2.75, 3.05) is 0 Å². The molecular weight excluding hydrogens is 516 g/mol. The van der Waals surface area contributed by atoms with Gasteiger partial charge in [0.15, 0.2) is 0 Å². The fraction of sp³-hybridized carbons (Fsp3) is 0.886. The molecule has 0 aromatic heterocycles. The molecule has 5 saturated carbocycles. The Morgan fingerprint density at radius 3 is 2.24 bits per heavy atom. The Labute approximate surface area is 247 Å². The summed E-state index contributed by atoms with van der Waals surface area (Å²) < 4.78 is 6.44. The molecule has 5 aliphatic rings. The molecule has 5 aliphatic carbocycles. The van der Waals surface area contributed by atoms with Gasteiger partial charge in [-0.3, -0.25) is 9.59 Å². The second-order valence-corrected chi connectivity index (χ2v) is 15.9. The Bertz CT molecular complexity index is 1030. The first-order valence-electron chi connectivity index (χ1n) is 16.7. The quantitative estimate of drug-likeness (QED) is 0.240. The van der Waals surface area contributed by atoms with E-state index in [0.29, 0.717) is 25.2 Å². The second-order valence-electron chi connectivity index (χ2n) is 15.9. The molecule has 0 aromatic rings. The third-order valence-electron chi connectivity index (χ3n) is 13.7. The van der Waals surface area contributed by atoms with Gasteiger partial charge in [0.1, 0.15) is 6.10 Å². The van der Waals surface area contributed by atoms with Gasteiger partial charge in [-0.2, -0.15) is 0 Å². The van der Waals surface area contributed by atoms with Crippen LogP contribution in [0.3, 0.4) is 0 Å². The summed E-state index contributed by atoms with van der Waals surface area (Å²) in [5.41, 5.74) is 0.528. The summed E-state index contributed by atoms with van der Waals surface area (Å²) >= 11 is 0. The smallest absolute Gasteiger partial charge is 0.309 e. The van der Waals surface area contributed by atoms with Crippen molar-refractivity contribution in [2.45, 2.75) is 137 Å². The molecule has 5 rings (SSSR count). The van der Waals surface area contributed by atoms with Gasteiger partial charge in [-0.05, 0) is 112 Å². The monoisotopic (exact) mass is 572 g/mol. The van der Waals surface area contributed by atoms with E-state index in [1.807, 2.05) is 19.9 Å². The van der Waals surface area contributed by atoms with E-state index in [4.69, 9.17) is 4.74 Å². The van der Waals surface area contributed by atoms with Crippen LogP contribution >= 0.6 is 0 Å². The van der Waals surface area contributed by atoms with Gasteiger partial charge in [0.2, 0.25) is 0 Å². The maximum absolute atomic E-state index is 13.5. The van der Waals surface area contributed by atoms with Crippen LogP contribution in [0.2, 0.25) is 0 Å². The molecule has 12 atom stereocenters. The van der Waals surface area contributed by atoms with Crippen molar-refractivity contribution in [2.24, 2.45) is 57.7 Å². The van der Waals surface area contributed by atoms with Crippen LogP contribution in [0.4, 0.5) is 0 Å². The molecule has 0 amide bonds. The zero-order valence-corrected chi connectivity index (χ0v) is 26.4. The number of esters is 1. The molecule has 6 nitrogen and oxygen atoms in total. The van der Waals surface area contributed by atoms with Crippen molar-refractivity contribution in [3.8, 4) is 0 Å². The van der Waals surface area contributed by atoms with Crippen LogP contribution in [0.5, 0.6) is 0 Å². The summed E-state index contributed by atoms with van der Waals surface area (Å²) in [5.74, 6) is -1.45. The first kappa shape index (κ1) is 31.0. The molecule has 5 fully saturated rings. The molecule has 232 valence electrons. The molecule has 0 aliphatic heterocycles. The summed E-state index contributed by atoms with van der Waals surface area (Å²) in [6.07, 6.45) is 11.0. The second kappa shape index (κ2) is 11.3. The average Bonchev–Trinajstić information content (AvgIpc) is 3.18. The SMILES string of the molecule is CC(C)=CC[C@@H](C(=O)O)[C@@H]1C2CC(O)C3[C@@]4(C)CC[C@@H](O)[C@@H](C)C4CC[C@]3(C)[C@@]2(C)C[C@@H]1OC(=O)C1CCCCC1. The van der Waals surface area contributed by atoms with Crippen molar-refractivity contribution < 1.29 is 29.6 Å². The highest BCUT2D eigenvalue weighted by atomic mass is 16.5. The Hall–Kier alpha value is -1.40. The molecule has 0 saturated heterocycles. The summed E-state index contributed by atoms with van der Waals surface area (Å²) in [6.45, 7) is 13.2. The number of carboxylic acids is 1. The molecule has 41 heavy (non-hydrogen) atoms. The molecule has 0 heterocycles. The normalized spacial score (nSPS) is 46.9. The van der Waals surface area contributed by atoms with E-state index in [-0.39, 0.29) is 57.9 Å². The summed E-state index contributed by atoms with van der Waals surface area (Å²) in [6, 6.07) is 0. The molecular formula is C35H56O6. The Morgan fingerprint density at radius 2 is 1.61 bits per heavy atom. The lowest BCUT2D eigenvalue weighted by molar-refractivity contribution is -0.240. The number of hydrogen-bond donors (Lipinski definition) is 3. The van der Waals surface area contributed by atoms with Crippen LogP contribution in [0.15, 0.2) is 11.6 Å².